The first kappa shape index (κ1) is 15.6. The van der Waals surface area contributed by atoms with Crippen LogP contribution in [0.25, 0.3) is 4.96 Å². The summed E-state index contributed by atoms with van der Waals surface area (Å²) in [6.07, 6.45) is 0.196. The van der Waals surface area contributed by atoms with Crippen LogP contribution in [-0.2, 0) is 4.79 Å². The molecule has 0 spiro atoms. The number of hydrogen-bond acceptors (Lipinski definition) is 5. The standard InChI is InChI=1S/C15H13ClN4O2S/c1-9-8-23-15-18-14(19-20(9)15)17-13(22)7-6-12(21)10-2-4-11(16)5-3-10/h2-5,8H,6-7H2,1H3,(H,17,19,22). The number of aromatic nitrogens is 3. The molecule has 1 N–H and O–H groups in total. The number of thiazole rings is 1. The van der Waals surface area contributed by atoms with Gasteiger partial charge in [0.2, 0.25) is 16.8 Å². The molecule has 6 nitrogen and oxygen atoms in total. The third kappa shape index (κ3) is 3.57. The van der Waals surface area contributed by atoms with Crippen LogP contribution in [0.3, 0.4) is 0 Å². The minimum Gasteiger partial charge on any atom is -0.294 e. The summed E-state index contributed by atoms with van der Waals surface area (Å²) in [5.41, 5.74) is 1.49. The minimum atomic E-state index is -0.289. The van der Waals surface area contributed by atoms with Gasteiger partial charge in [0.1, 0.15) is 0 Å². The predicted molar refractivity (Wildman–Crippen MR) is 89.2 cm³/mol. The van der Waals surface area contributed by atoms with Crippen LogP contribution in [0.2, 0.25) is 5.02 Å². The molecular weight excluding hydrogens is 336 g/mol. The largest absolute Gasteiger partial charge is 0.294 e. The highest BCUT2D eigenvalue weighted by atomic mass is 35.5. The lowest BCUT2D eigenvalue weighted by Crippen LogP contribution is -2.14. The third-order valence-electron chi connectivity index (χ3n) is 3.24. The molecule has 0 saturated carbocycles. The van der Waals surface area contributed by atoms with Gasteiger partial charge in [-0.2, -0.15) is 4.98 Å². The van der Waals surface area contributed by atoms with Crippen LogP contribution in [-0.4, -0.2) is 26.3 Å². The Morgan fingerprint density at radius 2 is 2.00 bits per heavy atom. The average Bonchev–Trinajstić information content (AvgIpc) is 3.07. The number of rotatable bonds is 5. The number of fused-ring (bicyclic) bond motifs is 1. The highest BCUT2D eigenvalue weighted by molar-refractivity contribution is 7.15. The van der Waals surface area contributed by atoms with Crippen molar-refractivity contribution < 1.29 is 9.59 Å². The Morgan fingerprint density at radius 3 is 2.70 bits per heavy atom. The van der Waals surface area contributed by atoms with E-state index in [-0.39, 0.29) is 30.5 Å². The summed E-state index contributed by atoms with van der Waals surface area (Å²) in [5.74, 6) is -0.140. The molecule has 2 heterocycles. The molecule has 0 unspecified atom stereocenters. The highest BCUT2D eigenvalue weighted by Crippen LogP contribution is 2.16. The Balaban J connectivity index is 1.56. The number of carbonyl (C=O) groups is 2. The first-order valence-electron chi connectivity index (χ1n) is 6.92. The van der Waals surface area contributed by atoms with E-state index in [2.05, 4.69) is 15.4 Å². The zero-order valence-corrected chi connectivity index (χ0v) is 13.8. The van der Waals surface area contributed by atoms with E-state index in [1.807, 2.05) is 12.3 Å². The molecule has 0 aliphatic rings. The molecule has 3 rings (SSSR count). The lowest BCUT2D eigenvalue weighted by molar-refractivity contribution is -0.116. The second kappa shape index (κ2) is 6.47. The van der Waals surface area contributed by atoms with Crippen molar-refractivity contribution in [3.8, 4) is 0 Å². The zero-order valence-electron chi connectivity index (χ0n) is 12.2. The lowest BCUT2D eigenvalue weighted by atomic mass is 10.1. The summed E-state index contributed by atoms with van der Waals surface area (Å²) in [6.45, 7) is 1.91. The van der Waals surface area contributed by atoms with Crippen LogP contribution < -0.4 is 5.32 Å². The molecule has 1 aromatic carbocycles. The fourth-order valence-corrected chi connectivity index (χ4v) is 2.96. The maximum Gasteiger partial charge on any atom is 0.250 e. The van der Waals surface area contributed by atoms with Crippen molar-refractivity contribution in [2.24, 2.45) is 0 Å². The predicted octanol–water partition coefficient (Wildman–Crippen LogP) is 3.35. The summed E-state index contributed by atoms with van der Waals surface area (Å²) in [7, 11) is 0. The molecule has 23 heavy (non-hydrogen) atoms. The summed E-state index contributed by atoms with van der Waals surface area (Å²) in [6, 6.07) is 6.60. The number of aryl methyl sites for hydroxylation is 1. The average molecular weight is 349 g/mol. The monoisotopic (exact) mass is 348 g/mol. The van der Waals surface area contributed by atoms with Gasteiger partial charge in [0.15, 0.2) is 5.78 Å². The second-order valence-corrected chi connectivity index (χ2v) is 6.26. The molecule has 0 atom stereocenters. The number of nitrogens with zero attached hydrogens (tertiary/aromatic N) is 3. The van der Waals surface area contributed by atoms with Gasteiger partial charge in [-0.15, -0.1) is 16.4 Å². The number of benzene rings is 1. The molecule has 0 aliphatic heterocycles. The van der Waals surface area contributed by atoms with Crippen molar-refractivity contribution in [2.45, 2.75) is 19.8 Å². The minimum absolute atomic E-state index is 0.0767. The van der Waals surface area contributed by atoms with Crippen LogP contribution in [0, 0.1) is 6.92 Å². The molecule has 0 fully saturated rings. The molecule has 0 saturated heterocycles. The van der Waals surface area contributed by atoms with E-state index in [9.17, 15) is 9.59 Å². The topological polar surface area (TPSA) is 76.4 Å². The SMILES string of the molecule is Cc1csc2nc(NC(=O)CCC(=O)c3ccc(Cl)cc3)nn12. The number of amides is 1. The second-order valence-electron chi connectivity index (χ2n) is 4.99. The molecule has 0 bridgehead atoms. The maximum atomic E-state index is 12.0. The van der Waals surface area contributed by atoms with Crippen molar-refractivity contribution in [1.82, 2.24) is 14.6 Å². The van der Waals surface area contributed by atoms with E-state index < -0.39 is 0 Å². The molecule has 0 radical (unpaired) electrons. The van der Waals surface area contributed by atoms with Gasteiger partial charge in [0.05, 0.1) is 5.69 Å². The summed E-state index contributed by atoms with van der Waals surface area (Å²) >= 11 is 7.23. The number of nitrogens with one attached hydrogen (secondary N) is 1. The van der Waals surface area contributed by atoms with Gasteiger partial charge in [0.25, 0.3) is 0 Å². The Bertz CT molecular complexity index is 869. The molecule has 1 amide bonds. The van der Waals surface area contributed by atoms with Crippen molar-refractivity contribution in [3.05, 3.63) is 45.9 Å². The molecule has 3 aromatic rings. The van der Waals surface area contributed by atoms with Crippen LogP contribution >= 0.6 is 22.9 Å². The van der Waals surface area contributed by atoms with E-state index in [4.69, 9.17) is 11.6 Å². The van der Waals surface area contributed by atoms with Crippen molar-refractivity contribution >= 4 is 45.5 Å². The van der Waals surface area contributed by atoms with Crippen molar-refractivity contribution in [3.63, 3.8) is 0 Å². The van der Waals surface area contributed by atoms with Crippen LogP contribution in [0.4, 0.5) is 5.95 Å². The zero-order chi connectivity index (χ0) is 16.4. The van der Waals surface area contributed by atoms with Crippen molar-refractivity contribution in [2.75, 3.05) is 5.32 Å². The first-order valence-corrected chi connectivity index (χ1v) is 8.18. The quantitative estimate of drug-likeness (QED) is 0.717. The van der Waals surface area contributed by atoms with Gasteiger partial charge in [-0.25, -0.2) is 4.52 Å². The smallest absolute Gasteiger partial charge is 0.250 e. The number of hydrogen-bond donors (Lipinski definition) is 1. The van der Waals surface area contributed by atoms with E-state index in [1.54, 1.807) is 28.8 Å². The first-order chi connectivity index (χ1) is 11.0. The molecular formula is C15H13ClN4O2S. The van der Waals surface area contributed by atoms with Gasteiger partial charge in [-0.3, -0.25) is 14.9 Å². The molecule has 0 aliphatic carbocycles. The number of carbonyl (C=O) groups excluding carboxylic acids is 2. The Morgan fingerprint density at radius 1 is 1.26 bits per heavy atom. The Hall–Kier alpha value is -2.25. The number of halogens is 1. The van der Waals surface area contributed by atoms with Gasteiger partial charge >= 0.3 is 0 Å². The van der Waals surface area contributed by atoms with E-state index in [0.717, 1.165) is 10.7 Å². The number of ketones is 1. The van der Waals surface area contributed by atoms with Crippen molar-refractivity contribution in [1.29, 1.82) is 0 Å². The van der Waals surface area contributed by atoms with E-state index >= 15 is 0 Å². The van der Waals surface area contributed by atoms with Gasteiger partial charge in [0, 0.05) is 28.8 Å². The van der Waals surface area contributed by atoms with Crippen LogP contribution in [0.15, 0.2) is 29.6 Å². The lowest BCUT2D eigenvalue weighted by Gasteiger charge is -2.02. The Labute approximate surface area is 141 Å². The van der Waals surface area contributed by atoms with Gasteiger partial charge < -0.3 is 0 Å². The van der Waals surface area contributed by atoms with Crippen LogP contribution in [0.5, 0.6) is 0 Å². The molecule has 8 heteroatoms. The van der Waals surface area contributed by atoms with E-state index in [0.29, 0.717) is 10.6 Å². The highest BCUT2D eigenvalue weighted by Gasteiger charge is 2.13. The van der Waals surface area contributed by atoms with Gasteiger partial charge in [-0.05, 0) is 31.2 Å². The normalized spacial score (nSPS) is 10.9. The summed E-state index contributed by atoms with van der Waals surface area (Å²) in [4.78, 5) is 28.8. The number of Topliss-reactive ketones (excluding diaryl/α,β-unsaturated/α-hetero) is 1. The van der Waals surface area contributed by atoms with E-state index in [1.165, 1.54) is 11.3 Å². The number of anilines is 1. The third-order valence-corrected chi connectivity index (χ3v) is 4.43. The fraction of sp³-hybridized carbons (Fsp3) is 0.200. The summed E-state index contributed by atoms with van der Waals surface area (Å²) < 4.78 is 1.67. The molecule has 118 valence electrons. The fourth-order valence-electron chi connectivity index (χ4n) is 2.04. The Kier molecular flexibility index (Phi) is 4.40. The summed E-state index contributed by atoms with van der Waals surface area (Å²) in [5, 5.41) is 9.31. The van der Waals surface area contributed by atoms with Gasteiger partial charge in [-0.1, -0.05) is 11.6 Å². The maximum absolute atomic E-state index is 12.0. The molecule has 2 aromatic heterocycles. The van der Waals surface area contributed by atoms with Crippen LogP contribution in [0.1, 0.15) is 28.9 Å².